The fraction of sp³-hybridized carbons (Fsp3) is 0.278. The summed E-state index contributed by atoms with van der Waals surface area (Å²) in [6.45, 7) is 2.76. The van der Waals surface area contributed by atoms with Gasteiger partial charge < -0.3 is 9.47 Å². The Morgan fingerprint density at radius 3 is 2.48 bits per heavy atom. The van der Waals surface area contributed by atoms with Gasteiger partial charge in [0.1, 0.15) is 12.4 Å². The molecule has 0 saturated heterocycles. The average molecular weight is 284 g/mol. The summed E-state index contributed by atoms with van der Waals surface area (Å²) in [6, 6.07) is 17.8. The van der Waals surface area contributed by atoms with Crippen LogP contribution in [0.25, 0.3) is 0 Å². The third kappa shape index (κ3) is 4.95. The van der Waals surface area contributed by atoms with E-state index in [-0.39, 0.29) is 5.97 Å². The molecule has 3 heteroatoms. The van der Waals surface area contributed by atoms with Gasteiger partial charge in [-0.25, -0.2) is 0 Å². The standard InChI is InChI=1S/C18H20O3/c1-2-20-18(19)13-12-16-10-6-7-11-17(16)21-14-15-8-4-3-5-9-15/h3-11H,2,12-14H2,1H3. The number of carbonyl (C=O) groups excluding carboxylic acids is 1. The molecule has 0 aromatic heterocycles. The molecule has 0 amide bonds. The Morgan fingerprint density at radius 1 is 1.00 bits per heavy atom. The Labute approximate surface area is 125 Å². The van der Waals surface area contributed by atoms with Crippen LogP contribution in [0.5, 0.6) is 5.75 Å². The van der Waals surface area contributed by atoms with Gasteiger partial charge in [0.05, 0.1) is 6.61 Å². The highest BCUT2D eigenvalue weighted by Gasteiger charge is 2.07. The van der Waals surface area contributed by atoms with Crippen LogP contribution in [0, 0.1) is 0 Å². The zero-order valence-electron chi connectivity index (χ0n) is 12.2. The van der Waals surface area contributed by atoms with Gasteiger partial charge in [-0.1, -0.05) is 48.5 Å². The van der Waals surface area contributed by atoms with Crippen LogP contribution >= 0.6 is 0 Å². The van der Waals surface area contributed by atoms with Crippen LogP contribution in [-0.4, -0.2) is 12.6 Å². The lowest BCUT2D eigenvalue weighted by molar-refractivity contribution is -0.143. The summed E-state index contributed by atoms with van der Waals surface area (Å²) in [7, 11) is 0. The Kier molecular flexibility index (Phi) is 5.83. The predicted molar refractivity (Wildman–Crippen MR) is 82.2 cm³/mol. The lowest BCUT2D eigenvalue weighted by atomic mass is 10.1. The minimum atomic E-state index is -0.171. The molecular formula is C18H20O3. The predicted octanol–water partition coefficient (Wildman–Crippen LogP) is 3.76. The van der Waals surface area contributed by atoms with Crippen LogP contribution in [0.4, 0.5) is 0 Å². The number of esters is 1. The fourth-order valence-electron chi connectivity index (χ4n) is 2.06. The molecular weight excluding hydrogens is 264 g/mol. The Hall–Kier alpha value is -2.29. The molecule has 0 N–H and O–H groups in total. The van der Waals surface area contributed by atoms with Gasteiger partial charge in [0.25, 0.3) is 0 Å². The third-order valence-corrected chi connectivity index (χ3v) is 3.11. The molecule has 0 fully saturated rings. The van der Waals surface area contributed by atoms with Crippen LogP contribution in [0.3, 0.4) is 0 Å². The highest BCUT2D eigenvalue weighted by atomic mass is 16.5. The number of aryl methyl sites for hydroxylation is 1. The maximum absolute atomic E-state index is 11.4. The summed E-state index contributed by atoms with van der Waals surface area (Å²) >= 11 is 0. The van der Waals surface area contributed by atoms with Crippen molar-refractivity contribution >= 4 is 5.97 Å². The lowest BCUT2D eigenvalue weighted by Crippen LogP contribution is -2.06. The molecule has 3 nitrogen and oxygen atoms in total. The Bertz CT molecular complexity index is 564. The van der Waals surface area contributed by atoms with Gasteiger partial charge in [-0.05, 0) is 30.5 Å². The van der Waals surface area contributed by atoms with Crippen LogP contribution in [0.1, 0.15) is 24.5 Å². The molecule has 2 aromatic carbocycles. The summed E-state index contributed by atoms with van der Waals surface area (Å²) < 4.78 is 10.8. The van der Waals surface area contributed by atoms with Crippen molar-refractivity contribution < 1.29 is 14.3 Å². The molecule has 110 valence electrons. The van der Waals surface area contributed by atoms with Crippen LogP contribution < -0.4 is 4.74 Å². The second-order valence-electron chi connectivity index (χ2n) is 4.69. The Balaban J connectivity index is 1.95. The molecule has 0 aliphatic carbocycles. The number of hydrogen-bond acceptors (Lipinski definition) is 3. The highest BCUT2D eigenvalue weighted by molar-refractivity contribution is 5.69. The SMILES string of the molecule is CCOC(=O)CCc1ccccc1OCc1ccccc1. The van der Waals surface area contributed by atoms with Gasteiger partial charge in [-0.2, -0.15) is 0 Å². The summed E-state index contributed by atoms with van der Waals surface area (Å²) in [6.07, 6.45) is 1.00. The number of rotatable bonds is 7. The molecule has 0 radical (unpaired) electrons. The van der Waals surface area contributed by atoms with Crippen molar-refractivity contribution in [3.63, 3.8) is 0 Å². The molecule has 0 unspecified atom stereocenters. The summed E-state index contributed by atoms with van der Waals surface area (Å²) in [5, 5.41) is 0. The summed E-state index contributed by atoms with van der Waals surface area (Å²) in [5.41, 5.74) is 2.15. The van der Waals surface area contributed by atoms with Crippen molar-refractivity contribution in [3.8, 4) is 5.75 Å². The molecule has 0 atom stereocenters. The smallest absolute Gasteiger partial charge is 0.306 e. The second kappa shape index (κ2) is 8.10. The number of hydrogen-bond donors (Lipinski definition) is 0. The van der Waals surface area contributed by atoms with Crippen LogP contribution in [0.15, 0.2) is 54.6 Å². The molecule has 2 aromatic rings. The normalized spacial score (nSPS) is 10.1. The van der Waals surface area contributed by atoms with E-state index in [9.17, 15) is 4.79 Å². The van der Waals surface area contributed by atoms with Crippen molar-refractivity contribution in [2.45, 2.75) is 26.4 Å². The summed E-state index contributed by atoms with van der Waals surface area (Å²) in [4.78, 5) is 11.4. The molecule has 0 heterocycles. The highest BCUT2D eigenvalue weighted by Crippen LogP contribution is 2.21. The molecule has 0 aliphatic rings. The molecule has 0 spiro atoms. The van der Waals surface area contributed by atoms with Crippen molar-refractivity contribution in [1.29, 1.82) is 0 Å². The van der Waals surface area contributed by atoms with Gasteiger partial charge in [0.15, 0.2) is 0 Å². The maximum atomic E-state index is 11.4. The largest absolute Gasteiger partial charge is 0.489 e. The number of ether oxygens (including phenoxy) is 2. The van der Waals surface area contributed by atoms with Crippen LogP contribution in [-0.2, 0) is 22.6 Å². The van der Waals surface area contributed by atoms with E-state index in [2.05, 4.69) is 0 Å². The number of benzene rings is 2. The molecule has 0 saturated carbocycles. The van der Waals surface area contributed by atoms with Gasteiger partial charge in [-0.3, -0.25) is 4.79 Å². The van der Waals surface area contributed by atoms with Crippen LogP contribution in [0.2, 0.25) is 0 Å². The first-order valence-electron chi connectivity index (χ1n) is 7.20. The van der Waals surface area contributed by atoms with Crippen molar-refractivity contribution in [3.05, 3.63) is 65.7 Å². The van der Waals surface area contributed by atoms with Crippen molar-refractivity contribution in [2.75, 3.05) is 6.61 Å². The number of para-hydroxylation sites is 1. The van der Waals surface area contributed by atoms with E-state index < -0.39 is 0 Å². The van der Waals surface area contributed by atoms with Gasteiger partial charge >= 0.3 is 5.97 Å². The van der Waals surface area contributed by atoms with Crippen molar-refractivity contribution in [2.24, 2.45) is 0 Å². The number of carbonyl (C=O) groups is 1. The maximum Gasteiger partial charge on any atom is 0.306 e. The molecule has 0 aliphatic heterocycles. The molecule has 0 bridgehead atoms. The topological polar surface area (TPSA) is 35.5 Å². The summed E-state index contributed by atoms with van der Waals surface area (Å²) in [5.74, 6) is 0.654. The monoisotopic (exact) mass is 284 g/mol. The van der Waals surface area contributed by atoms with E-state index >= 15 is 0 Å². The van der Waals surface area contributed by atoms with E-state index in [1.165, 1.54) is 0 Å². The zero-order chi connectivity index (χ0) is 14.9. The van der Waals surface area contributed by atoms with E-state index in [1.54, 1.807) is 0 Å². The van der Waals surface area contributed by atoms with Gasteiger partial charge in [0.2, 0.25) is 0 Å². The van der Waals surface area contributed by atoms with Gasteiger partial charge in [-0.15, -0.1) is 0 Å². The quantitative estimate of drug-likeness (QED) is 0.726. The lowest BCUT2D eigenvalue weighted by Gasteiger charge is -2.11. The van der Waals surface area contributed by atoms with E-state index in [4.69, 9.17) is 9.47 Å². The first kappa shape index (κ1) is 15.1. The first-order chi connectivity index (χ1) is 10.3. The molecule has 2 rings (SSSR count). The minimum Gasteiger partial charge on any atom is -0.489 e. The van der Waals surface area contributed by atoms with Crippen molar-refractivity contribution in [1.82, 2.24) is 0 Å². The zero-order valence-corrected chi connectivity index (χ0v) is 12.2. The van der Waals surface area contributed by atoms with E-state index in [0.29, 0.717) is 26.1 Å². The third-order valence-electron chi connectivity index (χ3n) is 3.11. The first-order valence-corrected chi connectivity index (χ1v) is 7.20. The Morgan fingerprint density at radius 2 is 1.71 bits per heavy atom. The van der Waals surface area contributed by atoms with E-state index in [1.807, 2.05) is 61.5 Å². The second-order valence-corrected chi connectivity index (χ2v) is 4.69. The average Bonchev–Trinajstić information content (AvgIpc) is 2.53. The fourth-order valence-corrected chi connectivity index (χ4v) is 2.06. The van der Waals surface area contributed by atoms with Gasteiger partial charge in [0, 0.05) is 6.42 Å². The van der Waals surface area contributed by atoms with E-state index in [0.717, 1.165) is 16.9 Å². The minimum absolute atomic E-state index is 0.171. The molecule has 21 heavy (non-hydrogen) atoms.